The Labute approximate surface area is 121 Å². The summed E-state index contributed by atoms with van der Waals surface area (Å²) in [4.78, 5) is 10.5. The van der Waals surface area contributed by atoms with Crippen molar-refractivity contribution in [3.63, 3.8) is 0 Å². The van der Waals surface area contributed by atoms with Gasteiger partial charge < -0.3 is 15.5 Å². The molecule has 0 unspecified atom stereocenters. The van der Waals surface area contributed by atoms with Gasteiger partial charge in [-0.05, 0) is 27.1 Å². The molecule has 2 N–H and O–H groups in total. The molecule has 0 aliphatic rings. The van der Waals surface area contributed by atoms with E-state index in [0.717, 1.165) is 30.3 Å². The third kappa shape index (κ3) is 4.75. The molecule has 110 valence electrons. The van der Waals surface area contributed by atoms with Crippen molar-refractivity contribution in [2.75, 3.05) is 39.1 Å². The molecule has 1 aromatic heterocycles. The summed E-state index contributed by atoms with van der Waals surface area (Å²) in [6, 6.07) is 0. The molecule has 0 aliphatic heterocycles. The van der Waals surface area contributed by atoms with Crippen LogP contribution in [0.5, 0.6) is 0 Å². The monoisotopic (exact) mass is 284 g/mol. The molecule has 0 fully saturated rings. The molecular weight excluding hydrogens is 256 g/mol. The first-order chi connectivity index (χ1) is 8.75. The predicted molar refractivity (Wildman–Crippen MR) is 85.1 cm³/mol. The first-order valence-corrected chi connectivity index (χ1v) is 7.63. The first kappa shape index (κ1) is 16.4. The highest BCUT2D eigenvalue weighted by Gasteiger charge is 2.23. The summed E-state index contributed by atoms with van der Waals surface area (Å²) in [6.45, 7) is 9.28. The van der Waals surface area contributed by atoms with Gasteiger partial charge in [-0.1, -0.05) is 20.8 Å². The van der Waals surface area contributed by atoms with E-state index in [9.17, 15) is 0 Å². The van der Waals surface area contributed by atoms with Crippen molar-refractivity contribution in [3.8, 4) is 0 Å². The molecule has 0 spiro atoms. The average molecular weight is 284 g/mol. The van der Waals surface area contributed by atoms with Crippen LogP contribution in [-0.4, -0.2) is 44.1 Å². The third-order valence-corrected chi connectivity index (χ3v) is 4.20. The Morgan fingerprint density at radius 3 is 2.21 bits per heavy atom. The summed E-state index contributed by atoms with van der Waals surface area (Å²) in [5.41, 5.74) is 7.06. The molecular formula is C14H28N4S. The predicted octanol–water partition coefficient (Wildman–Crippen LogP) is 2.29. The number of nitrogens with two attached hydrogens (primary N) is 1. The second-order valence-corrected chi connectivity index (χ2v) is 7.36. The van der Waals surface area contributed by atoms with E-state index >= 15 is 0 Å². The molecule has 1 aromatic rings. The molecule has 4 nitrogen and oxygen atoms in total. The number of nitrogens with zero attached hydrogens (tertiary/aromatic N) is 3. The maximum atomic E-state index is 5.85. The summed E-state index contributed by atoms with van der Waals surface area (Å²) in [5, 5.41) is 1.09. The molecule has 0 aromatic carbocycles. The molecule has 1 heterocycles. The lowest BCUT2D eigenvalue weighted by molar-refractivity contribution is 0.401. The van der Waals surface area contributed by atoms with Gasteiger partial charge >= 0.3 is 0 Å². The van der Waals surface area contributed by atoms with E-state index in [-0.39, 0.29) is 5.41 Å². The van der Waals surface area contributed by atoms with Crippen LogP contribution < -0.4 is 10.6 Å². The Hall–Kier alpha value is -0.650. The second-order valence-electron chi connectivity index (χ2n) is 6.30. The lowest BCUT2D eigenvalue weighted by atomic mass is 9.91. The average Bonchev–Trinajstić information content (AvgIpc) is 2.71. The first-order valence-electron chi connectivity index (χ1n) is 6.81. The highest BCUT2D eigenvalue weighted by Crippen LogP contribution is 2.33. The van der Waals surface area contributed by atoms with Gasteiger partial charge in [-0.25, -0.2) is 4.98 Å². The fraction of sp³-hybridized carbons (Fsp3) is 0.786. The largest absolute Gasteiger partial charge is 0.351 e. The molecule has 1 rings (SSSR count). The Bertz CT molecular complexity index is 393. The fourth-order valence-corrected chi connectivity index (χ4v) is 3.08. The van der Waals surface area contributed by atoms with E-state index < -0.39 is 0 Å². The SMILES string of the molecule is CN(C)CCCN(C)c1nc(C(C)(C)C)c(CN)s1. The van der Waals surface area contributed by atoms with Crippen LogP contribution in [0, 0.1) is 0 Å². The molecule has 0 amide bonds. The van der Waals surface area contributed by atoms with Gasteiger partial charge in [-0.15, -0.1) is 11.3 Å². The van der Waals surface area contributed by atoms with E-state index in [1.54, 1.807) is 11.3 Å². The molecule has 0 saturated carbocycles. The number of anilines is 1. The Kier molecular flexibility index (Phi) is 5.77. The van der Waals surface area contributed by atoms with Crippen LogP contribution in [0.1, 0.15) is 37.8 Å². The van der Waals surface area contributed by atoms with Gasteiger partial charge in [0.2, 0.25) is 0 Å². The summed E-state index contributed by atoms with van der Waals surface area (Å²) < 4.78 is 0. The standard InChI is InChI=1S/C14H28N4S/c1-14(2,3)12-11(10-15)19-13(16-12)18(6)9-7-8-17(4)5/h7-10,15H2,1-6H3. The van der Waals surface area contributed by atoms with Crippen molar-refractivity contribution in [1.82, 2.24) is 9.88 Å². The van der Waals surface area contributed by atoms with Crippen LogP contribution >= 0.6 is 11.3 Å². The number of hydrogen-bond donors (Lipinski definition) is 1. The van der Waals surface area contributed by atoms with Gasteiger partial charge in [0.1, 0.15) is 0 Å². The van der Waals surface area contributed by atoms with Crippen LogP contribution in [0.2, 0.25) is 0 Å². The van der Waals surface area contributed by atoms with E-state index in [1.807, 2.05) is 0 Å². The van der Waals surface area contributed by atoms with Crippen molar-refractivity contribution < 1.29 is 0 Å². The van der Waals surface area contributed by atoms with Gasteiger partial charge in [0.05, 0.1) is 5.69 Å². The van der Waals surface area contributed by atoms with Gasteiger partial charge in [0, 0.05) is 30.4 Å². The minimum Gasteiger partial charge on any atom is -0.351 e. The van der Waals surface area contributed by atoms with Gasteiger partial charge in [-0.3, -0.25) is 0 Å². The Balaban J connectivity index is 2.76. The summed E-state index contributed by atoms with van der Waals surface area (Å²) in [7, 11) is 6.32. The zero-order chi connectivity index (χ0) is 14.6. The van der Waals surface area contributed by atoms with Crippen LogP contribution in [0.3, 0.4) is 0 Å². The Morgan fingerprint density at radius 2 is 1.79 bits per heavy atom. The zero-order valence-corrected chi connectivity index (χ0v) is 14.0. The molecule has 0 aliphatic carbocycles. The number of hydrogen-bond acceptors (Lipinski definition) is 5. The molecule has 5 heteroatoms. The van der Waals surface area contributed by atoms with E-state index in [4.69, 9.17) is 10.7 Å². The molecule has 19 heavy (non-hydrogen) atoms. The van der Waals surface area contributed by atoms with Crippen LogP contribution in [0.25, 0.3) is 0 Å². The minimum atomic E-state index is 0.0634. The summed E-state index contributed by atoms with van der Waals surface area (Å²) in [6.07, 6.45) is 1.14. The molecule has 0 atom stereocenters. The topological polar surface area (TPSA) is 45.4 Å². The highest BCUT2D eigenvalue weighted by molar-refractivity contribution is 7.15. The van der Waals surface area contributed by atoms with E-state index in [0.29, 0.717) is 6.54 Å². The molecule has 0 radical (unpaired) electrons. The zero-order valence-electron chi connectivity index (χ0n) is 13.2. The number of thiazole rings is 1. The lowest BCUT2D eigenvalue weighted by Crippen LogP contribution is -2.23. The smallest absolute Gasteiger partial charge is 0.185 e. The normalized spacial score (nSPS) is 12.2. The van der Waals surface area contributed by atoms with E-state index in [2.05, 4.69) is 51.7 Å². The lowest BCUT2D eigenvalue weighted by Gasteiger charge is -2.18. The Morgan fingerprint density at radius 1 is 1.16 bits per heavy atom. The van der Waals surface area contributed by atoms with Crippen molar-refractivity contribution in [1.29, 1.82) is 0 Å². The van der Waals surface area contributed by atoms with Crippen molar-refractivity contribution in [2.24, 2.45) is 5.73 Å². The fourth-order valence-electron chi connectivity index (χ4n) is 1.95. The molecule has 0 saturated heterocycles. The minimum absolute atomic E-state index is 0.0634. The third-order valence-electron chi connectivity index (χ3n) is 3.01. The van der Waals surface area contributed by atoms with Crippen LogP contribution in [-0.2, 0) is 12.0 Å². The second kappa shape index (κ2) is 6.68. The van der Waals surface area contributed by atoms with Gasteiger partial charge in [0.25, 0.3) is 0 Å². The summed E-state index contributed by atoms with van der Waals surface area (Å²) in [5.74, 6) is 0. The summed E-state index contributed by atoms with van der Waals surface area (Å²) >= 11 is 1.73. The van der Waals surface area contributed by atoms with E-state index in [1.165, 1.54) is 4.88 Å². The van der Waals surface area contributed by atoms with Gasteiger partial charge in [0.15, 0.2) is 5.13 Å². The van der Waals surface area contributed by atoms with Crippen molar-refractivity contribution in [2.45, 2.75) is 39.2 Å². The number of aromatic nitrogens is 1. The molecule has 0 bridgehead atoms. The number of rotatable bonds is 6. The van der Waals surface area contributed by atoms with Crippen molar-refractivity contribution in [3.05, 3.63) is 10.6 Å². The quantitative estimate of drug-likeness (QED) is 0.870. The van der Waals surface area contributed by atoms with Crippen LogP contribution in [0.4, 0.5) is 5.13 Å². The highest BCUT2D eigenvalue weighted by atomic mass is 32.1. The maximum Gasteiger partial charge on any atom is 0.185 e. The van der Waals surface area contributed by atoms with Gasteiger partial charge in [-0.2, -0.15) is 0 Å². The van der Waals surface area contributed by atoms with Crippen LogP contribution in [0.15, 0.2) is 0 Å². The maximum absolute atomic E-state index is 5.85. The van der Waals surface area contributed by atoms with Crippen molar-refractivity contribution >= 4 is 16.5 Å².